The summed E-state index contributed by atoms with van der Waals surface area (Å²) in [6, 6.07) is 7.51. The van der Waals surface area contributed by atoms with Gasteiger partial charge in [-0.25, -0.2) is 24.5 Å². The van der Waals surface area contributed by atoms with Crippen molar-refractivity contribution >= 4 is 34.6 Å². The number of alkyl carbamates (subject to hydrolysis) is 1. The lowest BCUT2D eigenvalue weighted by Crippen LogP contribution is -2.49. The fraction of sp³-hybridized carbons (Fsp3) is 0.429. The number of ether oxygens (including phenoxy) is 2. The van der Waals surface area contributed by atoms with Crippen LogP contribution in [0.25, 0.3) is 33.9 Å². The number of anilines is 2. The Hall–Kier alpha value is -4.68. The summed E-state index contributed by atoms with van der Waals surface area (Å²) in [4.78, 5) is 40.7. The second kappa shape index (κ2) is 10.7. The van der Waals surface area contributed by atoms with Crippen molar-refractivity contribution in [1.82, 2.24) is 34.6 Å². The van der Waals surface area contributed by atoms with Gasteiger partial charge >= 0.3 is 12.1 Å². The second-order valence-electron chi connectivity index (χ2n) is 11.1. The minimum absolute atomic E-state index is 0.0481. The number of benzene rings is 1. The van der Waals surface area contributed by atoms with Gasteiger partial charge in [-0.15, -0.1) is 0 Å². The first-order chi connectivity index (χ1) is 19.4. The highest BCUT2D eigenvalue weighted by Crippen LogP contribution is 2.34. The number of aromatic nitrogens is 6. The standard InChI is InChI=1S/C28H35N9O4/c1-28(2,3)41-27(39)31-16-9-8-12-37(15-16)20-11-7-10-17-23(20)35(4)25(33-17)22-24(29)30-14-19(32-22)18-13-21(26(38)40-6)36(5)34-18/h7,10-11,13-14,16H,8-9,12,15H2,1-6H3,(H2,29,30)(H,31,39)/t16-/m0/s1. The number of nitrogen functional groups attached to an aromatic ring is 1. The number of piperidine rings is 1. The van der Waals surface area contributed by atoms with E-state index in [2.05, 4.69) is 26.4 Å². The topological polar surface area (TPSA) is 155 Å². The molecule has 1 amide bonds. The van der Waals surface area contributed by atoms with E-state index in [1.54, 1.807) is 13.1 Å². The van der Waals surface area contributed by atoms with E-state index in [0.717, 1.165) is 36.1 Å². The fourth-order valence-corrected chi connectivity index (χ4v) is 5.08. The Morgan fingerprint density at radius 2 is 1.93 bits per heavy atom. The molecule has 1 aromatic carbocycles. The molecule has 1 atom stereocenters. The molecule has 1 aliphatic heterocycles. The first kappa shape index (κ1) is 27.9. The van der Waals surface area contributed by atoms with Gasteiger partial charge in [0.05, 0.1) is 30.0 Å². The van der Waals surface area contributed by atoms with Crippen LogP contribution in [0.1, 0.15) is 44.1 Å². The van der Waals surface area contributed by atoms with Crippen LogP contribution in [0.2, 0.25) is 0 Å². The average Bonchev–Trinajstić information content (AvgIpc) is 3.47. The van der Waals surface area contributed by atoms with E-state index >= 15 is 0 Å². The molecule has 0 spiro atoms. The molecule has 0 unspecified atom stereocenters. The van der Waals surface area contributed by atoms with Gasteiger partial charge < -0.3 is 30.0 Å². The van der Waals surface area contributed by atoms with Gasteiger partial charge in [-0.1, -0.05) is 6.07 Å². The number of fused-ring (bicyclic) bond motifs is 1. The summed E-state index contributed by atoms with van der Waals surface area (Å²) in [5, 5.41) is 7.42. The van der Waals surface area contributed by atoms with Crippen molar-refractivity contribution in [3.05, 3.63) is 36.2 Å². The highest BCUT2D eigenvalue weighted by molar-refractivity contribution is 5.93. The van der Waals surface area contributed by atoms with Gasteiger partial charge in [-0.05, 0) is 45.7 Å². The first-order valence-electron chi connectivity index (χ1n) is 13.4. The van der Waals surface area contributed by atoms with E-state index in [-0.39, 0.29) is 17.6 Å². The van der Waals surface area contributed by atoms with Gasteiger partial charge in [-0.3, -0.25) is 4.68 Å². The Morgan fingerprint density at radius 1 is 1.15 bits per heavy atom. The lowest BCUT2D eigenvalue weighted by Gasteiger charge is -2.35. The Labute approximate surface area is 237 Å². The molecule has 4 aromatic rings. The minimum Gasteiger partial charge on any atom is -0.464 e. The summed E-state index contributed by atoms with van der Waals surface area (Å²) in [7, 11) is 4.89. The van der Waals surface area contributed by atoms with Gasteiger partial charge in [0.2, 0.25) is 0 Å². The number of nitrogens with two attached hydrogens (primary N) is 1. The van der Waals surface area contributed by atoms with Crippen LogP contribution < -0.4 is 16.0 Å². The Bertz CT molecular complexity index is 1620. The maximum Gasteiger partial charge on any atom is 0.407 e. The minimum atomic E-state index is -0.558. The smallest absolute Gasteiger partial charge is 0.407 e. The lowest BCUT2D eigenvalue weighted by molar-refractivity contribution is 0.0499. The fourth-order valence-electron chi connectivity index (χ4n) is 5.08. The molecule has 13 heteroatoms. The molecule has 13 nitrogen and oxygen atoms in total. The van der Waals surface area contributed by atoms with Gasteiger partial charge in [0.15, 0.2) is 11.6 Å². The van der Waals surface area contributed by atoms with Crippen LogP contribution in [0.5, 0.6) is 0 Å². The predicted molar refractivity (Wildman–Crippen MR) is 154 cm³/mol. The van der Waals surface area contributed by atoms with E-state index in [9.17, 15) is 9.59 Å². The Balaban J connectivity index is 1.47. The molecule has 3 aromatic heterocycles. The van der Waals surface area contributed by atoms with E-state index in [0.29, 0.717) is 29.5 Å². The lowest BCUT2D eigenvalue weighted by atomic mass is 10.0. The van der Waals surface area contributed by atoms with Crippen LogP contribution in [0.4, 0.5) is 16.3 Å². The number of aryl methyl sites for hydroxylation is 2. The molecule has 0 saturated carbocycles. The quantitative estimate of drug-likeness (QED) is 0.347. The van der Waals surface area contributed by atoms with Crippen molar-refractivity contribution in [2.24, 2.45) is 14.1 Å². The van der Waals surface area contributed by atoms with Crippen molar-refractivity contribution in [3.8, 4) is 22.9 Å². The van der Waals surface area contributed by atoms with Crippen LogP contribution >= 0.6 is 0 Å². The molecule has 41 heavy (non-hydrogen) atoms. The van der Waals surface area contributed by atoms with Gasteiger partial charge in [0.1, 0.15) is 28.4 Å². The third kappa shape index (κ3) is 5.65. The highest BCUT2D eigenvalue weighted by atomic mass is 16.6. The van der Waals surface area contributed by atoms with Crippen molar-refractivity contribution in [3.63, 3.8) is 0 Å². The molecular weight excluding hydrogens is 526 g/mol. The molecular formula is C28H35N9O4. The molecule has 0 bridgehead atoms. The molecule has 1 saturated heterocycles. The molecule has 5 rings (SSSR count). The number of imidazole rings is 1. The number of nitrogens with one attached hydrogen (secondary N) is 1. The number of methoxy groups -OCH3 is 1. The second-order valence-corrected chi connectivity index (χ2v) is 11.1. The highest BCUT2D eigenvalue weighted by Gasteiger charge is 2.27. The van der Waals surface area contributed by atoms with Crippen molar-refractivity contribution < 1.29 is 19.1 Å². The zero-order valence-electron chi connectivity index (χ0n) is 24.1. The number of esters is 1. The van der Waals surface area contributed by atoms with Gasteiger partial charge in [0.25, 0.3) is 0 Å². The van der Waals surface area contributed by atoms with E-state index in [4.69, 9.17) is 25.2 Å². The van der Waals surface area contributed by atoms with Gasteiger partial charge in [-0.2, -0.15) is 5.10 Å². The number of rotatable bonds is 5. The summed E-state index contributed by atoms with van der Waals surface area (Å²) >= 11 is 0. The first-order valence-corrected chi connectivity index (χ1v) is 13.4. The number of hydrogen-bond acceptors (Lipinski definition) is 10. The Kier molecular flexibility index (Phi) is 7.28. The number of nitrogens with zero attached hydrogens (tertiary/aromatic N) is 7. The van der Waals surface area contributed by atoms with Crippen LogP contribution in [-0.4, -0.2) is 73.2 Å². The van der Waals surface area contributed by atoms with Gasteiger partial charge in [0, 0.05) is 39.3 Å². The molecule has 3 N–H and O–H groups in total. The van der Waals surface area contributed by atoms with Crippen molar-refractivity contribution in [2.75, 3.05) is 30.8 Å². The molecule has 0 radical (unpaired) electrons. The van der Waals surface area contributed by atoms with Crippen LogP contribution in [0.15, 0.2) is 30.5 Å². The van der Waals surface area contributed by atoms with Crippen LogP contribution in [0, 0.1) is 0 Å². The zero-order valence-corrected chi connectivity index (χ0v) is 24.1. The maximum absolute atomic E-state index is 12.4. The average molecular weight is 562 g/mol. The summed E-state index contributed by atoms with van der Waals surface area (Å²) < 4.78 is 13.7. The van der Waals surface area contributed by atoms with E-state index in [1.807, 2.05) is 44.5 Å². The van der Waals surface area contributed by atoms with Crippen molar-refractivity contribution in [1.29, 1.82) is 0 Å². The number of amides is 1. The SMILES string of the molecule is COC(=O)c1cc(-c2cnc(N)c(-c3nc4cccc(N5CCC[C@H](NC(=O)OC(C)(C)C)C5)c4n3C)n2)nn1C. The molecule has 0 aliphatic carbocycles. The largest absolute Gasteiger partial charge is 0.464 e. The van der Waals surface area contributed by atoms with E-state index in [1.165, 1.54) is 18.0 Å². The zero-order chi connectivity index (χ0) is 29.5. The van der Waals surface area contributed by atoms with Crippen LogP contribution in [0.3, 0.4) is 0 Å². The Morgan fingerprint density at radius 3 is 2.66 bits per heavy atom. The summed E-state index contributed by atoms with van der Waals surface area (Å²) in [6.45, 7) is 7.03. The van der Waals surface area contributed by atoms with Crippen LogP contribution in [-0.2, 0) is 23.6 Å². The van der Waals surface area contributed by atoms with Crippen molar-refractivity contribution in [2.45, 2.75) is 45.3 Å². The third-order valence-electron chi connectivity index (χ3n) is 6.91. The number of carbonyl (C=O) groups excluding carboxylic acids is 2. The maximum atomic E-state index is 12.4. The molecule has 1 fully saturated rings. The number of para-hydroxylation sites is 1. The normalized spacial score (nSPS) is 15.7. The molecule has 4 heterocycles. The molecule has 1 aliphatic rings. The predicted octanol–water partition coefficient (Wildman–Crippen LogP) is 3.29. The monoisotopic (exact) mass is 561 g/mol. The summed E-state index contributed by atoms with van der Waals surface area (Å²) in [5.74, 6) is 0.264. The number of hydrogen-bond donors (Lipinski definition) is 2. The molecule has 216 valence electrons. The van der Waals surface area contributed by atoms with E-state index < -0.39 is 17.7 Å². The summed E-state index contributed by atoms with van der Waals surface area (Å²) in [5.41, 5.74) is 10.0. The third-order valence-corrected chi connectivity index (χ3v) is 6.91. The summed E-state index contributed by atoms with van der Waals surface area (Å²) in [6.07, 6.45) is 2.89. The number of carbonyl (C=O) groups is 2.